The van der Waals surface area contributed by atoms with Gasteiger partial charge in [-0.15, -0.1) is 12.8 Å². The summed E-state index contributed by atoms with van der Waals surface area (Å²) in [4.78, 5) is 4.50. The van der Waals surface area contributed by atoms with Gasteiger partial charge in [0.2, 0.25) is 0 Å². The van der Waals surface area contributed by atoms with Crippen molar-refractivity contribution in [3.63, 3.8) is 0 Å². The van der Waals surface area contributed by atoms with Crippen LogP contribution in [0.4, 0.5) is 0 Å². The topological polar surface area (TPSA) is 46.9 Å². The third-order valence-electron chi connectivity index (χ3n) is 4.41. The Morgan fingerprint density at radius 2 is 1.24 bits per heavy atom. The van der Waals surface area contributed by atoms with Crippen LogP contribution in [0, 0.1) is 12.8 Å². The third kappa shape index (κ3) is 5.15. The van der Waals surface area contributed by atoms with E-state index in [1.807, 2.05) is 36.4 Å². The molecule has 2 N–H and O–H groups in total. The highest BCUT2D eigenvalue weighted by molar-refractivity contribution is 5.16. The Kier molecular flexibility index (Phi) is 7.65. The highest BCUT2D eigenvalue weighted by Gasteiger charge is 2.36. The molecule has 2 aromatic rings. The lowest BCUT2D eigenvalue weighted by Gasteiger charge is -2.33. The zero-order chi connectivity index (χ0) is 18.1. The number of benzene rings is 2. The normalized spacial score (nSPS) is 17.0. The van der Waals surface area contributed by atoms with Crippen LogP contribution in [0.3, 0.4) is 0 Å². The molecule has 1 heterocycles. The molecule has 1 aliphatic rings. The van der Waals surface area contributed by atoms with E-state index < -0.39 is 6.10 Å². The number of aliphatic hydroxyl groups is 2. The minimum atomic E-state index is -0.759. The van der Waals surface area contributed by atoms with Crippen LogP contribution < -0.4 is 0 Å². The predicted molar refractivity (Wildman–Crippen MR) is 100 cm³/mol. The second-order valence-electron chi connectivity index (χ2n) is 6.08. The standard InChI is InChI=1S/C19H24N2O2.C2H2/c22-15-18(23)19-20(13-16-7-3-1-4-8-16)11-12-21(19)14-17-9-5-2-6-10-17;1-2/h1-10,18-19,22-23H,11-15H2;1-2H. The fourth-order valence-corrected chi connectivity index (χ4v) is 3.31. The average Bonchev–Trinajstić information content (AvgIpc) is 3.06. The molecule has 0 bridgehead atoms. The van der Waals surface area contributed by atoms with Gasteiger partial charge < -0.3 is 10.2 Å². The van der Waals surface area contributed by atoms with Gasteiger partial charge in [-0.3, -0.25) is 9.80 Å². The van der Waals surface area contributed by atoms with Crippen molar-refractivity contribution in [3.05, 3.63) is 71.8 Å². The molecule has 0 aromatic heterocycles. The van der Waals surface area contributed by atoms with Gasteiger partial charge in [-0.05, 0) is 11.1 Å². The fraction of sp³-hybridized carbons (Fsp3) is 0.333. The molecule has 1 fully saturated rings. The van der Waals surface area contributed by atoms with E-state index in [9.17, 15) is 10.2 Å². The molecule has 132 valence electrons. The average molecular weight is 338 g/mol. The molecule has 0 spiro atoms. The van der Waals surface area contributed by atoms with Crippen LogP contribution in [0.15, 0.2) is 60.7 Å². The molecule has 0 radical (unpaired) electrons. The number of hydrogen-bond donors (Lipinski definition) is 2. The van der Waals surface area contributed by atoms with Gasteiger partial charge >= 0.3 is 0 Å². The lowest BCUT2D eigenvalue weighted by Crippen LogP contribution is -2.48. The molecular weight excluding hydrogens is 312 g/mol. The van der Waals surface area contributed by atoms with Crippen molar-refractivity contribution in [3.8, 4) is 12.8 Å². The largest absolute Gasteiger partial charge is 0.394 e. The van der Waals surface area contributed by atoms with Crippen molar-refractivity contribution in [1.82, 2.24) is 9.80 Å². The van der Waals surface area contributed by atoms with E-state index in [0.29, 0.717) is 0 Å². The molecule has 25 heavy (non-hydrogen) atoms. The zero-order valence-electron chi connectivity index (χ0n) is 14.4. The summed E-state index contributed by atoms with van der Waals surface area (Å²) >= 11 is 0. The van der Waals surface area contributed by atoms with Crippen LogP contribution in [0.5, 0.6) is 0 Å². The molecule has 2 aromatic carbocycles. The summed E-state index contributed by atoms with van der Waals surface area (Å²) in [5.74, 6) is 0. The molecule has 0 aliphatic carbocycles. The second-order valence-corrected chi connectivity index (χ2v) is 6.08. The van der Waals surface area contributed by atoms with E-state index in [2.05, 4.69) is 46.9 Å². The first-order valence-corrected chi connectivity index (χ1v) is 8.46. The summed E-state index contributed by atoms with van der Waals surface area (Å²) in [6.45, 7) is 3.13. The first-order chi connectivity index (χ1) is 12.3. The number of aliphatic hydroxyl groups excluding tert-OH is 2. The summed E-state index contributed by atoms with van der Waals surface area (Å²) in [5.41, 5.74) is 2.45. The smallest absolute Gasteiger partial charge is 0.106 e. The Morgan fingerprint density at radius 1 is 0.840 bits per heavy atom. The molecular formula is C21H26N2O2. The zero-order valence-corrected chi connectivity index (χ0v) is 14.4. The number of terminal acetylenes is 1. The Bertz CT molecular complexity index is 581. The minimum Gasteiger partial charge on any atom is -0.394 e. The van der Waals surface area contributed by atoms with E-state index in [1.54, 1.807) is 0 Å². The van der Waals surface area contributed by atoms with E-state index in [0.717, 1.165) is 26.2 Å². The van der Waals surface area contributed by atoms with Crippen molar-refractivity contribution < 1.29 is 10.2 Å². The fourth-order valence-electron chi connectivity index (χ4n) is 3.31. The van der Waals surface area contributed by atoms with Crippen molar-refractivity contribution in [1.29, 1.82) is 0 Å². The molecule has 4 nitrogen and oxygen atoms in total. The molecule has 4 heteroatoms. The third-order valence-corrected chi connectivity index (χ3v) is 4.41. The Hall–Kier alpha value is -2.16. The monoisotopic (exact) mass is 338 g/mol. The maximum absolute atomic E-state index is 10.3. The number of hydrogen-bond acceptors (Lipinski definition) is 4. The lowest BCUT2D eigenvalue weighted by atomic mass is 10.1. The van der Waals surface area contributed by atoms with Crippen molar-refractivity contribution >= 4 is 0 Å². The quantitative estimate of drug-likeness (QED) is 0.790. The van der Waals surface area contributed by atoms with Crippen LogP contribution in [0.2, 0.25) is 0 Å². The minimum absolute atomic E-state index is 0.152. The van der Waals surface area contributed by atoms with E-state index in [-0.39, 0.29) is 12.8 Å². The van der Waals surface area contributed by atoms with Crippen molar-refractivity contribution in [2.75, 3.05) is 19.7 Å². The predicted octanol–water partition coefficient (Wildman–Crippen LogP) is 1.93. The Labute approximate surface area is 150 Å². The number of rotatable bonds is 6. The molecule has 3 rings (SSSR count). The van der Waals surface area contributed by atoms with Crippen LogP contribution in [0.1, 0.15) is 11.1 Å². The van der Waals surface area contributed by atoms with Crippen LogP contribution in [-0.4, -0.2) is 52.0 Å². The van der Waals surface area contributed by atoms with E-state index >= 15 is 0 Å². The molecule has 0 saturated carbocycles. The van der Waals surface area contributed by atoms with Gasteiger partial charge in [-0.1, -0.05) is 60.7 Å². The summed E-state index contributed by atoms with van der Waals surface area (Å²) in [6, 6.07) is 20.5. The Balaban J connectivity index is 0.00000109. The summed E-state index contributed by atoms with van der Waals surface area (Å²) in [6.07, 6.45) is 7.09. The maximum Gasteiger partial charge on any atom is 0.106 e. The SMILES string of the molecule is C#C.OCC(O)C1N(Cc2ccccc2)CCN1Cc1ccccc1. The first kappa shape index (κ1) is 19.2. The maximum atomic E-state index is 10.3. The highest BCUT2D eigenvalue weighted by atomic mass is 16.3. The molecule has 1 unspecified atom stereocenters. The lowest BCUT2D eigenvalue weighted by molar-refractivity contribution is -0.0306. The molecule has 1 saturated heterocycles. The van der Waals surface area contributed by atoms with Crippen LogP contribution in [-0.2, 0) is 13.1 Å². The van der Waals surface area contributed by atoms with Gasteiger partial charge in [0.25, 0.3) is 0 Å². The molecule has 1 atom stereocenters. The van der Waals surface area contributed by atoms with Crippen LogP contribution in [0.25, 0.3) is 0 Å². The summed E-state index contributed by atoms with van der Waals surface area (Å²) in [5, 5.41) is 19.8. The first-order valence-electron chi connectivity index (χ1n) is 8.46. The number of nitrogens with zero attached hydrogens (tertiary/aromatic N) is 2. The molecule has 0 amide bonds. The van der Waals surface area contributed by atoms with Gasteiger partial charge in [0.1, 0.15) is 6.10 Å². The highest BCUT2D eigenvalue weighted by Crippen LogP contribution is 2.23. The van der Waals surface area contributed by atoms with Gasteiger partial charge in [0.05, 0.1) is 12.8 Å². The van der Waals surface area contributed by atoms with Crippen molar-refractivity contribution in [2.24, 2.45) is 0 Å². The molecule has 1 aliphatic heterocycles. The summed E-state index contributed by atoms with van der Waals surface area (Å²) < 4.78 is 0. The summed E-state index contributed by atoms with van der Waals surface area (Å²) in [7, 11) is 0. The van der Waals surface area contributed by atoms with Gasteiger partial charge in [0.15, 0.2) is 0 Å². The van der Waals surface area contributed by atoms with Gasteiger partial charge in [-0.25, -0.2) is 0 Å². The van der Waals surface area contributed by atoms with Gasteiger partial charge in [-0.2, -0.15) is 0 Å². The van der Waals surface area contributed by atoms with Crippen molar-refractivity contribution in [2.45, 2.75) is 25.4 Å². The second kappa shape index (κ2) is 9.97. The van der Waals surface area contributed by atoms with Crippen LogP contribution >= 0.6 is 0 Å². The van der Waals surface area contributed by atoms with E-state index in [4.69, 9.17) is 0 Å². The Morgan fingerprint density at radius 3 is 1.60 bits per heavy atom. The van der Waals surface area contributed by atoms with E-state index in [1.165, 1.54) is 11.1 Å². The van der Waals surface area contributed by atoms with Gasteiger partial charge in [0, 0.05) is 26.2 Å².